The van der Waals surface area contributed by atoms with Crippen molar-refractivity contribution in [2.24, 2.45) is 0 Å². The Morgan fingerprint density at radius 3 is 2.38 bits per heavy atom. The van der Waals surface area contributed by atoms with E-state index in [0.717, 1.165) is 23.4 Å². The van der Waals surface area contributed by atoms with Gasteiger partial charge in [-0.05, 0) is 48.5 Å². The van der Waals surface area contributed by atoms with Crippen molar-refractivity contribution in [3.63, 3.8) is 0 Å². The minimum Gasteiger partial charge on any atom is -0.321 e. The van der Waals surface area contributed by atoms with Crippen LogP contribution in [0.2, 0.25) is 0 Å². The molecule has 2 aromatic carbocycles. The Morgan fingerprint density at radius 1 is 0.923 bits per heavy atom. The van der Waals surface area contributed by atoms with Crippen LogP contribution in [0.25, 0.3) is 17.3 Å². The van der Waals surface area contributed by atoms with Crippen molar-refractivity contribution in [1.29, 1.82) is 0 Å². The largest absolute Gasteiger partial charge is 0.416 e. The summed E-state index contributed by atoms with van der Waals surface area (Å²) in [7, 11) is 0. The predicted octanol–water partition coefficient (Wildman–Crippen LogP) is 4.99. The predicted molar refractivity (Wildman–Crippen MR) is 93.7 cm³/mol. The zero-order chi connectivity index (χ0) is 18.3. The summed E-state index contributed by atoms with van der Waals surface area (Å²) < 4.78 is 39.9. The summed E-state index contributed by atoms with van der Waals surface area (Å²) in [6, 6.07) is 15.9. The molecule has 4 rings (SSSR count). The third-order valence-electron chi connectivity index (χ3n) is 4.26. The number of alkyl halides is 3. The Morgan fingerprint density at radius 2 is 1.65 bits per heavy atom. The van der Waals surface area contributed by atoms with Crippen molar-refractivity contribution in [3.8, 4) is 5.69 Å². The van der Waals surface area contributed by atoms with Crippen molar-refractivity contribution in [3.05, 3.63) is 83.7 Å². The van der Waals surface area contributed by atoms with Gasteiger partial charge in [0.15, 0.2) is 0 Å². The van der Waals surface area contributed by atoms with Gasteiger partial charge in [0.25, 0.3) is 5.91 Å². The van der Waals surface area contributed by atoms with Crippen molar-refractivity contribution in [2.75, 3.05) is 5.32 Å². The standard InChI is InChI=1S/C20H13F3N2O/c21-20(22,23)13-7-9-14(10-8-13)25-11-3-4-15(25)12-17-16-5-1-2-6-18(16)24-19(17)26/h1-12H,(H,24,26)/b17-12-. The molecule has 0 fully saturated rings. The maximum Gasteiger partial charge on any atom is 0.416 e. The van der Waals surface area contributed by atoms with Gasteiger partial charge < -0.3 is 9.88 Å². The third kappa shape index (κ3) is 2.79. The highest BCUT2D eigenvalue weighted by Crippen LogP contribution is 2.33. The second-order valence-corrected chi connectivity index (χ2v) is 5.91. The molecule has 6 heteroatoms. The molecular weight excluding hydrogens is 341 g/mol. The molecule has 26 heavy (non-hydrogen) atoms. The number of carbonyl (C=O) groups excluding carboxylic acids is 1. The molecule has 0 bridgehead atoms. The number of hydrogen-bond donors (Lipinski definition) is 1. The van der Waals surface area contributed by atoms with Crippen LogP contribution in [-0.4, -0.2) is 10.5 Å². The fraction of sp³-hybridized carbons (Fsp3) is 0.0500. The quantitative estimate of drug-likeness (QED) is 0.647. The molecule has 0 radical (unpaired) electrons. The topological polar surface area (TPSA) is 34.0 Å². The number of hydrogen-bond acceptors (Lipinski definition) is 1. The monoisotopic (exact) mass is 354 g/mol. The summed E-state index contributed by atoms with van der Waals surface area (Å²) in [5.41, 5.74) is 2.66. The average Bonchev–Trinajstić information content (AvgIpc) is 3.19. The van der Waals surface area contributed by atoms with Crippen molar-refractivity contribution in [1.82, 2.24) is 4.57 Å². The first-order valence-electron chi connectivity index (χ1n) is 7.91. The lowest BCUT2D eigenvalue weighted by Gasteiger charge is -2.10. The lowest BCUT2D eigenvalue weighted by molar-refractivity contribution is -0.137. The summed E-state index contributed by atoms with van der Waals surface area (Å²) in [4.78, 5) is 12.2. The molecule has 0 unspecified atom stereocenters. The number of nitrogens with zero attached hydrogens (tertiary/aromatic N) is 1. The molecule has 1 aromatic heterocycles. The van der Waals surface area contributed by atoms with E-state index in [0.29, 0.717) is 17.0 Å². The molecular formula is C20H13F3N2O. The van der Waals surface area contributed by atoms with Gasteiger partial charge in [-0.25, -0.2) is 0 Å². The number of rotatable bonds is 2. The summed E-state index contributed by atoms with van der Waals surface area (Å²) in [6.07, 6.45) is -0.891. The number of nitrogens with one attached hydrogen (secondary N) is 1. The van der Waals surface area contributed by atoms with E-state index in [1.54, 1.807) is 29.0 Å². The van der Waals surface area contributed by atoms with Crippen LogP contribution in [0.5, 0.6) is 0 Å². The van der Waals surface area contributed by atoms with Gasteiger partial charge in [0.1, 0.15) is 0 Å². The molecule has 0 aliphatic carbocycles. The molecule has 1 aliphatic heterocycles. The Kier molecular flexibility index (Phi) is 3.68. The van der Waals surface area contributed by atoms with Crippen molar-refractivity contribution >= 4 is 23.2 Å². The molecule has 1 amide bonds. The second kappa shape index (κ2) is 5.91. The fourth-order valence-electron chi connectivity index (χ4n) is 2.99. The molecule has 0 atom stereocenters. The van der Waals surface area contributed by atoms with Crippen molar-refractivity contribution < 1.29 is 18.0 Å². The molecule has 1 N–H and O–H groups in total. The first kappa shape index (κ1) is 16.2. The first-order chi connectivity index (χ1) is 12.4. The van der Waals surface area contributed by atoms with Crippen LogP contribution in [0, 0.1) is 0 Å². The van der Waals surface area contributed by atoms with Crippen LogP contribution in [0.4, 0.5) is 18.9 Å². The van der Waals surface area contributed by atoms with Gasteiger partial charge in [0.05, 0.1) is 11.1 Å². The molecule has 2 heterocycles. The third-order valence-corrected chi connectivity index (χ3v) is 4.26. The molecule has 130 valence electrons. The number of halogens is 3. The first-order valence-corrected chi connectivity index (χ1v) is 7.91. The molecule has 1 aliphatic rings. The van der Waals surface area contributed by atoms with E-state index in [2.05, 4.69) is 5.32 Å². The summed E-state index contributed by atoms with van der Waals surface area (Å²) in [5.74, 6) is -0.202. The van der Waals surface area contributed by atoms with Crippen LogP contribution in [0.1, 0.15) is 16.8 Å². The minimum absolute atomic E-state index is 0.202. The van der Waals surface area contributed by atoms with Crippen LogP contribution in [0.15, 0.2) is 66.9 Å². The van der Waals surface area contributed by atoms with E-state index in [1.807, 2.05) is 24.3 Å². The van der Waals surface area contributed by atoms with Gasteiger partial charge in [-0.2, -0.15) is 13.2 Å². The number of aromatic nitrogens is 1. The number of carbonyl (C=O) groups is 1. The van der Waals surface area contributed by atoms with Crippen molar-refractivity contribution in [2.45, 2.75) is 6.18 Å². The van der Waals surface area contributed by atoms with E-state index in [4.69, 9.17) is 0 Å². The lowest BCUT2D eigenvalue weighted by atomic mass is 10.1. The van der Waals surface area contributed by atoms with Gasteiger partial charge in [-0.1, -0.05) is 18.2 Å². The smallest absolute Gasteiger partial charge is 0.321 e. The van der Waals surface area contributed by atoms with Crippen LogP contribution >= 0.6 is 0 Å². The zero-order valence-electron chi connectivity index (χ0n) is 13.4. The Balaban J connectivity index is 1.74. The van der Waals surface area contributed by atoms with Gasteiger partial charge in [-0.3, -0.25) is 4.79 Å². The number of anilines is 1. The fourth-order valence-corrected chi connectivity index (χ4v) is 2.99. The second-order valence-electron chi connectivity index (χ2n) is 5.91. The Hall–Kier alpha value is -3.28. The molecule has 3 nitrogen and oxygen atoms in total. The highest BCUT2D eigenvalue weighted by atomic mass is 19.4. The molecule has 0 saturated heterocycles. The number of para-hydroxylation sites is 1. The van der Waals surface area contributed by atoms with E-state index >= 15 is 0 Å². The van der Waals surface area contributed by atoms with E-state index in [9.17, 15) is 18.0 Å². The normalized spacial score (nSPS) is 15.2. The van der Waals surface area contributed by atoms with Crippen LogP contribution in [0.3, 0.4) is 0 Å². The van der Waals surface area contributed by atoms with Crippen LogP contribution < -0.4 is 5.32 Å². The summed E-state index contributed by atoms with van der Waals surface area (Å²) in [6.45, 7) is 0. The summed E-state index contributed by atoms with van der Waals surface area (Å²) >= 11 is 0. The molecule has 0 spiro atoms. The van der Waals surface area contributed by atoms with Gasteiger partial charge in [-0.15, -0.1) is 0 Å². The Labute approximate surface area is 147 Å². The summed E-state index contributed by atoms with van der Waals surface area (Å²) in [5, 5.41) is 2.80. The Bertz CT molecular complexity index is 1010. The highest BCUT2D eigenvalue weighted by molar-refractivity contribution is 6.34. The molecule has 3 aromatic rings. The number of fused-ring (bicyclic) bond motifs is 1. The maximum absolute atomic E-state index is 12.7. The molecule has 0 saturated carbocycles. The maximum atomic E-state index is 12.7. The van der Waals surface area contributed by atoms with E-state index in [-0.39, 0.29) is 5.91 Å². The van der Waals surface area contributed by atoms with E-state index in [1.165, 1.54) is 12.1 Å². The lowest BCUT2D eigenvalue weighted by Crippen LogP contribution is -2.05. The zero-order valence-corrected chi connectivity index (χ0v) is 13.4. The highest BCUT2D eigenvalue weighted by Gasteiger charge is 2.30. The average molecular weight is 354 g/mol. The van der Waals surface area contributed by atoms with Gasteiger partial charge in [0, 0.05) is 28.8 Å². The SMILES string of the molecule is O=C1Nc2ccccc2/C1=C/c1cccn1-c1ccc(C(F)(F)F)cc1. The minimum atomic E-state index is -4.37. The number of amides is 1. The van der Waals surface area contributed by atoms with E-state index < -0.39 is 11.7 Å². The van der Waals surface area contributed by atoms with Gasteiger partial charge in [0.2, 0.25) is 0 Å². The van der Waals surface area contributed by atoms with Gasteiger partial charge >= 0.3 is 6.18 Å². The van der Waals surface area contributed by atoms with Crippen LogP contribution in [-0.2, 0) is 11.0 Å². The number of benzene rings is 2.